The van der Waals surface area contributed by atoms with E-state index >= 15 is 0 Å². The molecule has 11 aromatic rings. The first-order valence-corrected chi connectivity index (χ1v) is 60.3. The summed E-state index contributed by atoms with van der Waals surface area (Å²) in [4.78, 5) is 77.2. The molecule has 0 spiro atoms. The molecule has 2 aliphatic carbocycles. The minimum Gasteiger partial charge on any atom is -0.481 e. The van der Waals surface area contributed by atoms with Gasteiger partial charge in [-0.15, -0.1) is 0 Å². The van der Waals surface area contributed by atoms with Gasteiger partial charge in [-0.1, -0.05) is 36.4 Å². The predicted molar refractivity (Wildman–Crippen MR) is 579 cm³/mol. The number of aryl methyl sites for hydroxylation is 3. The highest BCUT2D eigenvalue weighted by Gasteiger charge is 2.50. The van der Waals surface area contributed by atoms with Gasteiger partial charge in [-0.3, -0.25) is 19.3 Å². The van der Waals surface area contributed by atoms with Crippen molar-refractivity contribution in [3.05, 3.63) is 195 Å². The zero-order valence-electron chi connectivity index (χ0n) is 87.0. The summed E-state index contributed by atoms with van der Waals surface area (Å²) < 4.78 is 156. The van der Waals surface area contributed by atoms with Crippen molar-refractivity contribution >= 4 is 101 Å². The summed E-state index contributed by atoms with van der Waals surface area (Å²) in [6, 6.07) is 29.1. The summed E-state index contributed by atoms with van der Waals surface area (Å²) in [6.07, 6.45) is 22.4. The Morgan fingerprint density at radius 2 is 0.899 bits per heavy atom. The van der Waals surface area contributed by atoms with Crippen LogP contribution in [-0.2, 0) is 94.9 Å². The lowest BCUT2D eigenvalue weighted by Gasteiger charge is -2.35. The van der Waals surface area contributed by atoms with Crippen molar-refractivity contribution in [3.8, 4) is 57.4 Å². The Morgan fingerprint density at radius 3 is 1.38 bits per heavy atom. The lowest BCUT2D eigenvalue weighted by Crippen LogP contribution is -2.44. The van der Waals surface area contributed by atoms with E-state index in [1.165, 1.54) is 12.1 Å². The van der Waals surface area contributed by atoms with E-state index in [4.69, 9.17) is 83.0 Å². The Morgan fingerprint density at radius 1 is 0.450 bits per heavy atom. The first-order chi connectivity index (χ1) is 71.5. The van der Waals surface area contributed by atoms with Crippen LogP contribution in [0.25, 0.3) is 74.7 Å². The van der Waals surface area contributed by atoms with Crippen molar-refractivity contribution in [2.24, 2.45) is 8.73 Å². The van der Waals surface area contributed by atoms with Crippen molar-refractivity contribution < 1.29 is 62.3 Å². The fourth-order valence-corrected chi connectivity index (χ4v) is 32.5. The zero-order chi connectivity index (χ0) is 105. The van der Waals surface area contributed by atoms with E-state index in [2.05, 4.69) is 99.9 Å². The van der Waals surface area contributed by atoms with Crippen LogP contribution in [0.15, 0.2) is 130 Å². The van der Waals surface area contributed by atoms with E-state index in [0.29, 0.717) is 192 Å². The number of morpholine rings is 5. The van der Waals surface area contributed by atoms with Gasteiger partial charge in [0.25, 0.3) is 0 Å². The second kappa shape index (κ2) is 44.1. The van der Waals surface area contributed by atoms with Gasteiger partial charge in [0, 0.05) is 153 Å². The first kappa shape index (κ1) is 106. The molecule has 0 saturated carbocycles. The number of aromatic nitrogens is 15. The highest BCUT2D eigenvalue weighted by molar-refractivity contribution is 7.94. The van der Waals surface area contributed by atoms with Crippen molar-refractivity contribution in [1.82, 2.24) is 74.3 Å². The number of nitrogens with zero attached hydrogens (tertiary/aromatic N) is 22. The lowest BCUT2D eigenvalue weighted by molar-refractivity contribution is 0.0985. The number of sulfone groups is 2. The SMILES string of the molecule is CN=S1(=O)CCCC1c1cc(N2CCOC[C@H]2C)nc(-c2cc(C)nc(OC)c2)n1.CN=S1(=O)CCCC1c1cc(N2CCOC[C@H]2C)nc(-c2ccnc(C)c2)n1.C[C@@H]1COCCN1c1cc(C2(C)CCCS2(=O)=O)nc(-c2cc(F)cc3c2C=CC3)n1.C[C@@H]1COCCN1c1cc(C2(C)CCCS2(=O)=O)nc(-c2cncc3c2C=CC3)n1.Cc1nc2ccccc2n1-c1nc(C2CCCS2(=N)=O)cc(N2CCOC[C@H]2C)n1. The Labute approximate surface area is 873 Å². The van der Waals surface area contributed by atoms with E-state index in [0.717, 1.165) is 166 Å². The fraction of sp³-hybridized carbons (Fsp3) is 0.514. The average Bonchev–Trinajstić information content (AvgIpc) is 1.67. The number of anilines is 5. The largest absolute Gasteiger partial charge is 0.481 e. The Kier molecular flexibility index (Phi) is 31.3. The number of ether oxygens (including phenoxy) is 6. The van der Waals surface area contributed by atoms with Crippen LogP contribution in [-0.4, -0.2) is 283 Å². The number of hydrogen-bond acceptors (Lipinski definition) is 35. The second-order valence-corrected chi connectivity index (χ2v) is 53.8. The molecule has 0 bridgehead atoms. The Hall–Kier alpha value is -11.5. The first-order valence-electron chi connectivity index (χ1n) is 51.7. The molecular weight excluding hydrogens is 1990 g/mol. The topological polar surface area (TPSA) is 425 Å². The van der Waals surface area contributed by atoms with E-state index in [-0.39, 0.29) is 63.3 Å². The van der Waals surface area contributed by atoms with Gasteiger partial charge in [0.2, 0.25) is 11.8 Å². The van der Waals surface area contributed by atoms with Gasteiger partial charge in [0.05, 0.1) is 199 Å². The lowest BCUT2D eigenvalue weighted by atomic mass is 9.99. The molecule has 10 aliphatic heterocycles. The molecule has 0 radical (unpaired) electrons. The van der Waals surface area contributed by atoms with Crippen molar-refractivity contribution in [2.75, 3.05) is 173 Å². The van der Waals surface area contributed by atoms with Crippen molar-refractivity contribution in [1.29, 1.82) is 4.78 Å². The number of nitrogens with one attached hydrogen (secondary N) is 1. The molecule has 12 aliphatic rings. The van der Waals surface area contributed by atoms with E-state index in [1.807, 2.05) is 129 Å². The molecule has 2 aromatic carbocycles. The molecule has 23 rings (SSSR count). The number of allylic oxidation sites excluding steroid dienone is 2. The maximum absolute atomic E-state index is 14.4. The molecule has 42 heteroatoms. The number of benzene rings is 2. The average molecular weight is 2130 g/mol. The van der Waals surface area contributed by atoms with Crippen molar-refractivity contribution in [2.45, 2.75) is 202 Å². The van der Waals surface area contributed by atoms with Gasteiger partial charge >= 0.3 is 0 Å². The molecule has 792 valence electrons. The minimum atomic E-state index is -3.34. The molecule has 13 atom stereocenters. The molecule has 0 amide bonds. The number of rotatable bonds is 16. The van der Waals surface area contributed by atoms with Crippen LogP contribution >= 0.6 is 0 Å². The highest BCUT2D eigenvalue weighted by atomic mass is 32.2. The highest BCUT2D eigenvalue weighted by Crippen LogP contribution is 2.48. The van der Waals surface area contributed by atoms with Crippen LogP contribution in [0.3, 0.4) is 0 Å². The summed E-state index contributed by atoms with van der Waals surface area (Å²) >= 11 is 0. The number of fused-ring (bicyclic) bond motifs is 3. The quantitative estimate of drug-likeness (QED) is 0.0938. The third-order valence-electron chi connectivity index (χ3n) is 30.7. The van der Waals surface area contributed by atoms with Gasteiger partial charge in [0.1, 0.15) is 50.2 Å². The summed E-state index contributed by atoms with van der Waals surface area (Å²) in [5.74, 6) is 9.66. The zero-order valence-corrected chi connectivity index (χ0v) is 91.1. The number of imidazole rings is 1. The molecule has 8 unspecified atom stereocenters. The second-order valence-electron chi connectivity index (χ2n) is 40.8. The number of halogens is 1. The third-order valence-corrected chi connectivity index (χ3v) is 43.9. The minimum absolute atomic E-state index is 0.0930. The van der Waals surface area contributed by atoms with E-state index < -0.39 is 58.4 Å². The maximum Gasteiger partial charge on any atom is 0.237 e. The molecule has 10 fully saturated rings. The molecule has 10 saturated heterocycles. The smallest absolute Gasteiger partial charge is 0.237 e. The Bertz CT molecular complexity index is 7600. The van der Waals surface area contributed by atoms with Crippen LogP contribution in [0.1, 0.15) is 196 Å². The summed E-state index contributed by atoms with van der Waals surface area (Å²) in [5, 5.41) is -0.675. The fourth-order valence-electron chi connectivity index (χ4n) is 22.2. The Balaban J connectivity index is 0.000000117. The monoisotopic (exact) mass is 2130 g/mol. The molecule has 19 heterocycles. The summed E-state index contributed by atoms with van der Waals surface area (Å²) in [5.41, 5.74) is 14.2. The van der Waals surface area contributed by atoms with Crippen LogP contribution < -0.4 is 29.2 Å². The van der Waals surface area contributed by atoms with E-state index in [9.17, 15) is 33.9 Å². The van der Waals surface area contributed by atoms with Crippen LogP contribution in [0.5, 0.6) is 5.88 Å². The van der Waals surface area contributed by atoms with Crippen LogP contribution in [0.2, 0.25) is 0 Å². The van der Waals surface area contributed by atoms with Crippen molar-refractivity contribution in [3.63, 3.8) is 0 Å². The predicted octanol–water partition coefficient (Wildman–Crippen LogP) is 15.5. The normalized spacial score (nSPS) is 27.1. The number of methoxy groups -OCH3 is 1. The summed E-state index contributed by atoms with van der Waals surface area (Å²) in [7, 11) is -8.98. The van der Waals surface area contributed by atoms with Crippen LogP contribution in [0, 0.1) is 31.4 Å². The van der Waals surface area contributed by atoms with Gasteiger partial charge < -0.3 is 52.9 Å². The van der Waals surface area contributed by atoms with Crippen LogP contribution in [0.4, 0.5) is 33.5 Å². The molecular formula is C107H134FN23O13S5. The third kappa shape index (κ3) is 21.9. The molecule has 1 N–H and O–H groups in total. The van der Waals surface area contributed by atoms with E-state index in [1.54, 1.807) is 40.5 Å². The van der Waals surface area contributed by atoms with Gasteiger partial charge in [-0.2, -0.15) is 4.98 Å². The molecule has 36 nitrogen and oxygen atoms in total. The number of pyridine rings is 3. The number of para-hydroxylation sites is 2. The molecule has 149 heavy (non-hydrogen) atoms. The van der Waals surface area contributed by atoms with Gasteiger partial charge in [-0.25, -0.2) is 97.4 Å². The van der Waals surface area contributed by atoms with Gasteiger partial charge in [-0.05, 0) is 211 Å². The number of hydrogen-bond donors (Lipinski definition) is 1. The maximum atomic E-state index is 14.4. The van der Waals surface area contributed by atoms with Gasteiger partial charge in [0.15, 0.2) is 43.0 Å². The standard InChI is InChI=1S/C23H26FN3O3S.C22H26N4O3S.C21H26N6O2S.C21H29N5O3S.C20H27N5O2S/c1-15-14-30-9-8-27(15)21-13-20(23(2)7-4-10-31(23,28)29)25-22(26-21)19-12-17(24)11-16-5-3-6-18(16)19;1-15-14-29-9-8-26(15)20-11-19(22(2)7-4-10-30(22,27)28)24-21(25-20)18-13-23-12-16-5-3-6-17(16)18;1-14-13-29-10-9-26(14)20-12-17(19-8-5-11-30(19,22)28)24-21(25-20)27-15(2)23-16-6-3-4-7-18(16)27;1-14-10-16(11-20(23-14)28-4)21-24-17(18-6-5-9-30(18,27)22-3)12-19(25-21)26-7-8-29-13-15(26)2;1-14-11-16(6-7-22-14)20-23-17(18-5-4-10-28(18,26)21-3)12-19(24-20)25-8-9-27-13-15(25)2/h3,6,11-13,15H,4-5,7-10,14H2,1-2H3;3,6,11-13,15H,4-5,7-10,14H2,1-2H3;3-4,6-7,12,14,19,22H,5,8-11,13H2,1-2H3;10-12,15,18H,5-9,13H2,1-4H3;6-7,11-12,15,18H,4-5,8-10,13H2,1-3H3/t15-,23?;15-,22?;14-,19?,30?;15-,18?,30?;15-,18?,28?/m11111/s1. The molecule has 9 aromatic heterocycles. The summed E-state index contributed by atoms with van der Waals surface area (Å²) in [6.45, 7) is 29.9.